The van der Waals surface area contributed by atoms with E-state index in [4.69, 9.17) is 0 Å². The van der Waals surface area contributed by atoms with Gasteiger partial charge in [0.25, 0.3) is 0 Å². The third-order valence-electron chi connectivity index (χ3n) is 7.28. The second-order valence-corrected chi connectivity index (χ2v) is 9.49. The first-order valence-electron chi connectivity index (χ1n) is 12.5. The first-order valence-corrected chi connectivity index (χ1v) is 12.5. The smallest absolute Gasteiger partial charge is 0.0546 e. The average molecular weight is 460 g/mol. The monoisotopic (exact) mass is 459 g/mol. The van der Waals surface area contributed by atoms with Crippen molar-refractivity contribution in [2.24, 2.45) is 0 Å². The molecule has 0 fully saturated rings. The Balaban J connectivity index is 1.60. The first kappa shape index (κ1) is 20.7. The Hall–Kier alpha value is -4.62. The second kappa shape index (κ2) is 8.25. The summed E-state index contributed by atoms with van der Waals surface area (Å²) in [6.07, 6.45) is 0. The van der Waals surface area contributed by atoms with E-state index in [1.54, 1.807) is 0 Å². The molecule has 0 saturated heterocycles. The maximum absolute atomic E-state index is 2.44. The molecule has 0 aromatic heterocycles. The lowest BCUT2D eigenvalue weighted by molar-refractivity contribution is 1.30. The van der Waals surface area contributed by atoms with E-state index in [0.717, 1.165) is 5.69 Å². The van der Waals surface area contributed by atoms with Gasteiger partial charge in [-0.2, -0.15) is 0 Å². The Bertz CT molecular complexity index is 1900. The molecule has 1 nitrogen and oxygen atoms in total. The number of fused-ring (bicyclic) bond motifs is 6. The van der Waals surface area contributed by atoms with Crippen molar-refractivity contribution in [1.29, 1.82) is 0 Å². The van der Waals surface area contributed by atoms with E-state index in [1.165, 1.54) is 60.0 Å². The minimum absolute atomic E-state index is 1.15. The summed E-state index contributed by atoms with van der Waals surface area (Å²) < 4.78 is 0. The highest BCUT2D eigenvalue weighted by Crippen LogP contribution is 2.44. The van der Waals surface area contributed by atoms with Gasteiger partial charge in [0.1, 0.15) is 0 Å². The fourth-order valence-electron chi connectivity index (χ4n) is 5.55. The molecular formula is C35H25N. The van der Waals surface area contributed by atoms with E-state index >= 15 is 0 Å². The molecule has 7 aromatic carbocycles. The lowest BCUT2D eigenvalue weighted by atomic mass is 9.97. The molecule has 0 bridgehead atoms. The predicted molar refractivity (Wildman–Crippen MR) is 156 cm³/mol. The highest BCUT2D eigenvalue weighted by molar-refractivity contribution is 6.17. The summed E-state index contributed by atoms with van der Waals surface area (Å²) >= 11 is 0. The summed E-state index contributed by atoms with van der Waals surface area (Å²) in [7, 11) is 0. The molecule has 0 amide bonds. The van der Waals surface area contributed by atoms with Crippen LogP contribution in [0.5, 0.6) is 0 Å². The quantitative estimate of drug-likeness (QED) is 0.238. The number of nitrogens with zero attached hydrogens (tertiary/aromatic N) is 1. The number of hydrogen-bond donors (Lipinski definition) is 0. The van der Waals surface area contributed by atoms with E-state index < -0.39 is 0 Å². The summed E-state index contributed by atoms with van der Waals surface area (Å²) in [6, 6.07) is 48.5. The standard InChI is InChI=1S/C35H25N/c1-24-16-21-28(22-17-24)36(33-14-7-13-31-29-11-4-2-8-25(29)20-23-32(31)33)34-15-6-10-27-19-18-26-9-3-5-12-30(26)35(27)34/h2-23H,1H3. The van der Waals surface area contributed by atoms with Crippen LogP contribution < -0.4 is 4.90 Å². The van der Waals surface area contributed by atoms with Crippen molar-refractivity contribution in [1.82, 2.24) is 0 Å². The Morgan fingerprint density at radius 1 is 0.389 bits per heavy atom. The van der Waals surface area contributed by atoms with E-state index in [1.807, 2.05) is 0 Å². The molecule has 0 radical (unpaired) electrons. The van der Waals surface area contributed by atoms with Gasteiger partial charge in [-0.25, -0.2) is 0 Å². The van der Waals surface area contributed by atoms with Crippen molar-refractivity contribution < 1.29 is 0 Å². The fourth-order valence-corrected chi connectivity index (χ4v) is 5.55. The zero-order valence-corrected chi connectivity index (χ0v) is 20.1. The number of rotatable bonds is 3. The van der Waals surface area contributed by atoms with Gasteiger partial charge in [-0.1, -0.05) is 115 Å². The Labute approximate surface area is 210 Å². The zero-order chi connectivity index (χ0) is 24.1. The topological polar surface area (TPSA) is 3.24 Å². The minimum atomic E-state index is 1.15. The van der Waals surface area contributed by atoms with Crippen LogP contribution in [0.3, 0.4) is 0 Å². The third-order valence-corrected chi connectivity index (χ3v) is 7.28. The normalized spacial score (nSPS) is 11.5. The van der Waals surface area contributed by atoms with Crippen LogP contribution in [0.4, 0.5) is 17.1 Å². The molecule has 1 heteroatoms. The van der Waals surface area contributed by atoms with E-state index in [2.05, 4.69) is 145 Å². The third kappa shape index (κ3) is 3.25. The second-order valence-electron chi connectivity index (χ2n) is 9.49. The Morgan fingerprint density at radius 2 is 0.972 bits per heavy atom. The highest BCUT2D eigenvalue weighted by atomic mass is 15.1. The number of anilines is 3. The highest BCUT2D eigenvalue weighted by Gasteiger charge is 2.19. The molecule has 0 aliphatic carbocycles. The van der Waals surface area contributed by atoms with Gasteiger partial charge in [0.2, 0.25) is 0 Å². The molecule has 0 atom stereocenters. The van der Waals surface area contributed by atoms with Gasteiger partial charge in [0.05, 0.1) is 11.4 Å². The maximum Gasteiger partial charge on any atom is 0.0546 e. The summed E-state index contributed by atoms with van der Waals surface area (Å²) in [5.41, 5.74) is 4.78. The van der Waals surface area contributed by atoms with Crippen LogP contribution in [0.2, 0.25) is 0 Å². The van der Waals surface area contributed by atoms with Crippen LogP contribution in [0, 0.1) is 6.92 Å². The molecule has 0 aliphatic rings. The molecule has 0 heterocycles. The largest absolute Gasteiger partial charge is 0.309 e. The zero-order valence-electron chi connectivity index (χ0n) is 20.1. The van der Waals surface area contributed by atoms with Gasteiger partial charge < -0.3 is 4.90 Å². The lowest BCUT2D eigenvalue weighted by Gasteiger charge is -2.29. The van der Waals surface area contributed by atoms with Crippen LogP contribution >= 0.6 is 0 Å². The molecule has 36 heavy (non-hydrogen) atoms. The number of hydrogen-bond acceptors (Lipinski definition) is 1. The average Bonchev–Trinajstić information content (AvgIpc) is 2.94. The van der Waals surface area contributed by atoms with E-state index in [0.29, 0.717) is 0 Å². The number of aryl methyl sites for hydroxylation is 1. The van der Waals surface area contributed by atoms with Crippen molar-refractivity contribution in [3.63, 3.8) is 0 Å². The summed E-state index contributed by atoms with van der Waals surface area (Å²) in [6.45, 7) is 2.14. The van der Waals surface area contributed by atoms with Gasteiger partial charge >= 0.3 is 0 Å². The van der Waals surface area contributed by atoms with Gasteiger partial charge in [-0.3, -0.25) is 0 Å². The maximum atomic E-state index is 2.44. The van der Waals surface area contributed by atoms with Crippen molar-refractivity contribution in [2.45, 2.75) is 6.92 Å². The van der Waals surface area contributed by atoms with Crippen molar-refractivity contribution in [2.75, 3.05) is 4.90 Å². The number of benzene rings is 7. The predicted octanol–water partition coefficient (Wildman–Crippen LogP) is 10.1. The van der Waals surface area contributed by atoms with Gasteiger partial charge in [-0.05, 0) is 63.5 Å². The molecule has 0 saturated carbocycles. The Kier molecular flexibility index (Phi) is 4.75. The van der Waals surface area contributed by atoms with Crippen molar-refractivity contribution in [3.8, 4) is 0 Å². The van der Waals surface area contributed by atoms with Gasteiger partial charge in [0, 0.05) is 16.5 Å². The first-order chi connectivity index (χ1) is 17.8. The lowest BCUT2D eigenvalue weighted by Crippen LogP contribution is -2.11. The van der Waals surface area contributed by atoms with Crippen LogP contribution in [0.1, 0.15) is 5.56 Å². The SMILES string of the molecule is Cc1ccc(N(c2cccc3c2ccc2ccccc23)c2cccc3ccc4ccccc4c23)cc1. The molecule has 7 aromatic rings. The fraction of sp³-hybridized carbons (Fsp3) is 0.0286. The molecule has 0 N–H and O–H groups in total. The molecule has 170 valence electrons. The van der Waals surface area contributed by atoms with Crippen molar-refractivity contribution >= 4 is 60.2 Å². The van der Waals surface area contributed by atoms with Crippen LogP contribution in [-0.4, -0.2) is 0 Å². The molecule has 7 rings (SSSR count). The van der Waals surface area contributed by atoms with Gasteiger partial charge in [0.15, 0.2) is 0 Å². The summed E-state index contributed by atoms with van der Waals surface area (Å²) in [5.74, 6) is 0. The van der Waals surface area contributed by atoms with E-state index in [-0.39, 0.29) is 0 Å². The van der Waals surface area contributed by atoms with Crippen LogP contribution in [0.15, 0.2) is 133 Å². The van der Waals surface area contributed by atoms with E-state index in [9.17, 15) is 0 Å². The van der Waals surface area contributed by atoms with Gasteiger partial charge in [-0.15, -0.1) is 0 Å². The molecule has 0 aliphatic heterocycles. The summed E-state index contributed by atoms with van der Waals surface area (Å²) in [5, 5.41) is 10.1. The molecule has 0 unspecified atom stereocenters. The van der Waals surface area contributed by atoms with Crippen molar-refractivity contribution in [3.05, 3.63) is 139 Å². The summed E-state index contributed by atoms with van der Waals surface area (Å²) in [4.78, 5) is 2.44. The molecular weight excluding hydrogens is 434 g/mol. The Morgan fingerprint density at radius 3 is 1.81 bits per heavy atom. The van der Waals surface area contributed by atoms with Crippen LogP contribution in [0.25, 0.3) is 43.1 Å². The molecule has 0 spiro atoms. The van der Waals surface area contributed by atoms with Crippen LogP contribution in [-0.2, 0) is 0 Å². The minimum Gasteiger partial charge on any atom is -0.309 e.